The van der Waals surface area contributed by atoms with Gasteiger partial charge in [0.1, 0.15) is 11.5 Å². The summed E-state index contributed by atoms with van der Waals surface area (Å²) in [5.41, 5.74) is 0. The number of methoxy groups -OCH3 is 1. The third-order valence-electron chi connectivity index (χ3n) is 4.00. The largest absolute Gasteiger partial charge is 0.497 e. The number of amides is 1. The predicted octanol–water partition coefficient (Wildman–Crippen LogP) is 2.49. The summed E-state index contributed by atoms with van der Waals surface area (Å²) in [6, 6.07) is 7.86. The Morgan fingerprint density at radius 2 is 2.00 bits per heavy atom. The zero-order chi connectivity index (χ0) is 15.8. The molecule has 0 saturated carbocycles. The van der Waals surface area contributed by atoms with Crippen molar-refractivity contribution >= 4 is 18.3 Å². The van der Waals surface area contributed by atoms with E-state index in [4.69, 9.17) is 9.47 Å². The number of carbonyl (C=O) groups is 1. The Balaban J connectivity index is 0.00000264. The number of halogens is 1. The van der Waals surface area contributed by atoms with Crippen LogP contribution in [-0.4, -0.2) is 50.7 Å². The van der Waals surface area contributed by atoms with E-state index < -0.39 is 0 Å². The van der Waals surface area contributed by atoms with Crippen molar-refractivity contribution in [3.63, 3.8) is 0 Å². The Morgan fingerprint density at radius 3 is 2.65 bits per heavy atom. The van der Waals surface area contributed by atoms with Crippen molar-refractivity contribution in [1.29, 1.82) is 0 Å². The number of nitrogens with one attached hydrogen (secondary N) is 1. The fourth-order valence-electron chi connectivity index (χ4n) is 2.84. The van der Waals surface area contributed by atoms with Gasteiger partial charge in [0, 0.05) is 25.6 Å². The highest BCUT2D eigenvalue weighted by molar-refractivity contribution is 5.85. The molecule has 1 fully saturated rings. The summed E-state index contributed by atoms with van der Waals surface area (Å²) in [7, 11) is 3.57. The molecular weight excluding hydrogens is 316 g/mol. The van der Waals surface area contributed by atoms with Crippen LogP contribution in [0.3, 0.4) is 0 Å². The van der Waals surface area contributed by atoms with Gasteiger partial charge >= 0.3 is 0 Å². The van der Waals surface area contributed by atoms with Gasteiger partial charge in [0.2, 0.25) is 5.91 Å². The molecule has 1 unspecified atom stereocenters. The van der Waals surface area contributed by atoms with Crippen LogP contribution in [0.25, 0.3) is 0 Å². The van der Waals surface area contributed by atoms with Crippen LogP contribution in [0.1, 0.15) is 25.7 Å². The zero-order valence-electron chi connectivity index (χ0n) is 13.9. The first-order valence-corrected chi connectivity index (χ1v) is 7.95. The summed E-state index contributed by atoms with van der Waals surface area (Å²) in [6.45, 7) is 2.33. The van der Waals surface area contributed by atoms with Gasteiger partial charge in [-0.1, -0.05) is 0 Å². The summed E-state index contributed by atoms with van der Waals surface area (Å²) >= 11 is 0. The van der Waals surface area contributed by atoms with Gasteiger partial charge in [-0.2, -0.15) is 0 Å². The highest BCUT2D eigenvalue weighted by Gasteiger charge is 2.27. The summed E-state index contributed by atoms with van der Waals surface area (Å²) in [4.78, 5) is 14.3. The van der Waals surface area contributed by atoms with Crippen LogP contribution >= 0.6 is 12.4 Å². The molecule has 0 spiro atoms. The maximum atomic E-state index is 12.3. The molecule has 0 bridgehead atoms. The van der Waals surface area contributed by atoms with Gasteiger partial charge in [0.05, 0.1) is 13.7 Å². The predicted molar refractivity (Wildman–Crippen MR) is 93.6 cm³/mol. The third-order valence-corrected chi connectivity index (χ3v) is 4.00. The monoisotopic (exact) mass is 342 g/mol. The van der Waals surface area contributed by atoms with E-state index in [-0.39, 0.29) is 18.3 Å². The normalized spacial score (nSPS) is 16.8. The Labute approximate surface area is 144 Å². The average molecular weight is 343 g/mol. The lowest BCUT2D eigenvalue weighted by molar-refractivity contribution is -0.132. The van der Waals surface area contributed by atoms with Gasteiger partial charge in [0.25, 0.3) is 0 Å². The second-order valence-electron chi connectivity index (χ2n) is 5.57. The van der Waals surface area contributed by atoms with Gasteiger partial charge < -0.3 is 19.7 Å². The zero-order valence-corrected chi connectivity index (χ0v) is 14.7. The first kappa shape index (κ1) is 19.6. The number of rotatable bonds is 8. The highest BCUT2D eigenvalue weighted by Crippen LogP contribution is 2.19. The van der Waals surface area contributed by atoms with Crippen molar-refractivity contribution in [3.8, 4) is 11.5 Å². The Kier molecular flexibility index (Phi) is 8.81. The quantitative estimate of drug-likeness (QED) is 0.737. The number of benzene rings is 1. The molecule has 1 saturated heterocycles. The van der Waals surface area contributed by atoms with Crippen LogP contribution in [0, 0.1) is 0 Å². The van der Waals surface area contributed by atoms with Gasteiger partial charge in [-0.25, -0.2) is 0 Å². The van der Waals surface area contributed by atoms with Gasteiger partial charge in [0.15, 0.2) is 0 Å². The standard InChI is InChI=1S/C17H26N2O3.ClH/c1-18-13-14-5-3-11-19(14)17(20)6-4-12-22-16-9-7-15(21-2)8-10-16;/h7-10,14,18H,3-6,11-13H2,1-2H3;1H. The molecule has 1 heterocycles. The molecule has 6 heteroatoms. The molecule has 1 aliphatic rings. The summed E-state index contributed by atoms with van der Waals surface area (Å²) in [5, 5.41) is 3.16. The SMILES string of the molecule is CNCC1CCCN1C(=O)CCCOc1ccc(OC)cc1.Cl. The number of likely N-dealkylation sites (N-methyl/N-ethyl adjacent to an activating group) is 1. The second kappa shape index (κ2) is 10.3. The molecule has 1 amide bonds. The number of carbonyl (C=O) groups excluding carboxylic acids is 1. The van der Waals surface area contributed by atoms with E-state index in [9.17, 15) is 4.79 Å². The van der Waals surface area contributed by atoms with E-state index >= 15 is 0 Å². The molecule has 1 aromatic rings. The second-order valence-corrected chi connectivity index (χ2v) is 5.57. The minimum absolute atomic E-state index is 0. The molecule has 1 atom stereocenters. The first-order chi connectivity index (χ1) is 10.7. The first-order valence-electron chi connectivity index (χ1n) is 7.95. The van der Waals surface area contributed by atoms with Gasteiger partial charge in [-0.05, 0) is 50.6 Å². The Morgan fingerprint density at radius 1 is 1.30 bits per heavy atom. The van der Waals surface area contributed by atoms with E-state index in [1.54, 1.807) is 7.11 Å². The molecule has 1 aromatic carbocycles. The maximum absolute atomic E-state index is 12.3. The van der Waals surface area contributed by atoms with Crippen molar-refractivity contribution in [3.05, 3.63) is 24.3 Å². The molecule has 0 radical (unpaired) electrons. The summed E-state index contributed by atoms with van der Waals surface area (Å²) in [6.07, 6.45) is 3.51. The van der Waals surface area contributed by atoms with Crippen LogP contribution in [0.15, 0.2) is 24.3 Å². The fourth-order valence-corrected chi connectivity index (χ4v) is 2.84. The molecule has 1 aliphatic heterocycles. The molecule has 23 heavy (non-hydrogen) atoms. The van der Waals surface area contributed by atoms with Gasteiger partial charge in [-0.15, -0.1) is 12.4 Å². The van der Waals surface area contributed by atoms with Crippen molar-refractivity contribution in [1.82, 2.24) is 10.2 Å². The minimum Gasteiger partial charge on any atom is -0.497 e. The van der Waals surface area contributed by atoms with Crippen molar-refractivity contribution in [2.45, 2.75) is 31.7 Å². The van der Waals surface area contributed by atoms with E-state index in [0.29, 0.717) is 19.1 Å². The number of ether oxygens (including phenoxy) is 2. The molecule has 1 N–H and O–H groups in total. The van der Waals surface area contributed by atoms with Crippen molar-refractivity contribution in [2.75, 3.05) is 33.9 Å². The Bertz CT molecular complexity index is 467. The molecule has 2 rings (SSSR count). The smallest absolute Gasteiger partial charge is 0.222 e. The van der Waals surface area contributed by atoms with Crippen LogP contribution in [0.5, 0.6) is 11.5 Å². The van der Waals surface area contributed by atoms with Crippen molar-refractivity contribution in [2.24, 2.45) is 0 Å². The molecule has 5 nitrogen and oxygen atoms in total. The topological polar surface area (TPSA) is 50.8 Å². The van der Waals surface area contributed by atoms with Crippen molar-refractivity contribution < 1.29 is 14.3 Å². The third kappa shape index (κ3) is 5.92. The van der Waals surface area contributed by atoms with E-state index in [2.05, 4.69) is 5.32 Å². The van der Waals surface area contributed by atoms with E-state index in [1.807, 2.05) is 36.2 Å². The number of nitrogens with zero attached hydrogens (tertiary/aromatic N) is 1. The maximum Gasteiger partial charge on any atom is 0.222 e. The van der Waals surface area contributed by atoms with E-state index in [0.717, 1.165) is 43.9 Å². The molecule has 0 aromatic heterocycles. The molecular formula is C17H27ClN2O3. The Hall–Kier alpha value is -1.46. The lowest BCUT2D eigenvalue weighted by Crippen LogP contribution is -2.40. The fraction of sp³-hybridized carbons (Fsp3) is 0.588. The van der Waals surface area contributed by atoms with Crippen LogP contribution in [0.4, 0.5) is 0 Å². The number of hydrogen-bond donors (Lipinski definition) is 1. The summed E-state index contributed by atoms with van der Waals surface area (Å²) < 4.78 is 10.8. The molecule has 0 aliphatic carbocycles. The minimum atomic E-state index is 0. The van der Waals surface area contributed by atoms with Crippen LogP contribution < -0.4 is 14.8 Å². The highest BCUT2D eigenvalue weighted by atomic mass is 35.5. The summed E-state index contributed by atoms with van der Waals surface area (Å²) in [5.74, 6) is 1.87. The number of likely N-dealkylation sites (tertiary alicyclic amines) is 1. The lowest BCUT2D eigenvalue weighted by Gasteiger charge is -2.24. The van der Waals surface area contributed by atoms with E-state index in [1.165, 1.54) is 0 Å². The van der Waals surface area contributed by atoms with Crippen LogP contribution in [-0.2, 0) is 4.79 Å². The van der Waals surface area contributed by atoms with Gasteiger partial charge in [-0.3, -0.25) is 4.79 Å². The molecule has 130 valence electrons. The number of hydrogen-bond acceptors (Lipinski definition) is 4. The average Bonchev–Trinajstić information content (AvgIpc) is 3.01. The lowest BCUT2D eigenvalue weighted by atomic mass is 10.2. The van der Waals surface area contributed by atoms with Crippen LogP contribution in [0.2, 0.25) is 0 Å².